The predicted octanol–water partition coefficient (Wildman–Crippen LogP) is 8.73. The van der Waals surface area contributed by atoms with Gasteiger partial charge in [-0.1, -0.05) is 73.8 Å². The molecule has 0 aliphatic carbocycles. The summed E-state index contributed by atoms with van der Waals surface area (Å²) in [6.07, 6.45) is 8.33. The minimum absolute atomic E-state index is 0.261. The molecule has 5 nitrogen and oxygen atoms in total. The highest BCUT2D eigenvalue weighted by Crippen LogP contribution is 2.34. The number of allylic oxidation sites excluding steroid dienone is 5. The number of nitrogens with zero attached hydrogens (tertiary/aromatic N) is 2. The molecule has 0 amide bonds. The summed E-state index contributed by atoms with van der Waals surface area (Å²) >= 11 is 0. The van der Waals surface area contributed by atoms with Gasteiger partial charge in [-0.3, -0.25) is 10.1 Å². The minimum Gasteiger partial charge on any atom is -0.359 e. The quantitative estimate of drug-likeness (QED) is 0.157. The second kappa shape index (κ2) is 11.6. The van der Waals surface area contributed by atoms with Crippen molar-refractivity contribution in [3.8, 4) is 22.5 Å². The van der Waals surface area contributed by atoms with Crippen LogP contribution < -0.4 is 5.32 Å². The summed E-state index contributed by atoms with van der Waals surface area (Å²) in [4.78, 5) is 8.21. The van der Waals surface area contributed by atoms with Crippen LogP contribution in [0.5, 0.6) is 0 Å². The number of hydrogen-bond acceptors (Lipinski definition) is 3. The van der Waals surface area contributed by atoms with Crippen molar-refractivity contribution in [2.24, 2.45) is 0 Å². The molecule has 6 rings (SSSR count). The molecule has 3 N–H and O–H groups in total. The lowest BCUT2D eigenvalue weighted by Gasteiger charge is -2.12. The van der Waals surface area contributed by atoms with Gasteiger partial charge in [0.25, 0.3) is 0 Å². The molecular weight excluding hydrogens is 521 g/mol. The molecule has 6 aromatic rings. The van der Waals surface area contributed by atoms with Gasteiger partial charge < -0.3 is 10.3 Å². The number of aromatic amines is 2. The molecule has 3 heterocycles. The van der Waals surface area contributed by atoms with Crippen LogP contribution in [0.4, 0.5) is 4.39 Å². The van der Waals surface area contributed by atoms with Gasteiger partial charge >= 0.3 is 0 Å². The van der Waals surface area contributed by atoms with Crippen LogP contribution in [0, 0.1) is 5.82 Å². The molecule has 0 unspecified atom stereocenters. The fraction of sp³-hybridized carbons (Fsp3) is 0.0556. The third kappa shape index (κ3) is 5.43. The molecule has 0 spiro atoms. The highest BCUT2D eigenvalue weighted by atomic mass is 19.1. The second-order valence-electron chi connectivity index (χ2n) is 10.1. The van der Waals surface area contributed by atoms with Gasteiger partial charge in [0.2, 0.25) is 0 Å². The van der Waals surface area contributed by atoms with E-state index in [-0.39, 0.29) is 5.82 Å². The van der Waals surface area contributed by atoms with Gasteiger partial charge in [0.05, 0.1) is 23.1 Å². The zero-order valence-corrected chi connectivity index (χ0v) is 23.3. The summed E-state index contributed by atoms with van der Waals surface area (Å²) < 4.78 is 14.0. The Kier molecular flexibility index (Phi) is 7.35. The second-order valence-corrected chi connectivity index (χ2v) is 10.1. The number of benzene rings is 3. The first kappa shape index (κ1) is 26.7. The van der Waals surface area contributed by atoms with E-state index in [0.29, 0.717) is 6.42 Å². The van der Waals surface area contributed by atoms with E-state index in [0.717, 1.165) is 67.0 Å². The van der Waals surface area contributed by atoms with Crippen molar-refractivity contribution in [2.75, 3.05) is 0 Å². The van der Waals surface area contributed by atoms with Gasteiger partial charge in [-0.15, -0.1) is 0 Å². The summed E-state index contributed by atoms with van der Waals surface area (Å²) in [5.41, 5.74) is 9.84. The molecule has 0 aliphatic rings. The van der Waals surface area contributed by atoms with Crippen LogP contribution in [-0.2, 0) is 6.42 Å². The molecular formula is C36H30FN5. The Morgan fingerprint density at radius 2 is 1.79 bits per heavy atom. The van der Waals surface area contributed by atoms with E-state index in [1.165, 1.54) is 11.6 Å². The zero-order chi connectivity index (χ0) is 29.1. The summed E-state index contributed by atoms with van der Waals surface area (Å²) in [5, 5.41) is 13.1. The van der Waals surface area contributed by atoms with Crippen molar-refractivity contribution in [1.82, 2.24) is 25.5 Å². The van der Waals surface area contributed by atoms with Crippen molar-refractivity contribution >= 4 is 27.4 Å². The Morgan fingerprint density at radius 3 is 2.57 bits per heavy atom. The third-order valence-electron chi connectivity index (χ3n) is 7.22. The van der Waals surface area contributed by atoms with E-state index in [2.05, 4.69) is 51.9 Å². The first-order valence-electron chi connectivity index (χ1n) is 13.7. The Morgan fingerprint density at radius 1 is 0.952 bits per heavy atom. The molecule has 0 bridgehead atoms. The number of halogens is 1. The van der Waals surface area contributed by atoms with Crippen molar-refractivity contribution in [2.45, 2.75) is 13.3 Å². The molecule has 6 heteroatoms. The highest BCUT2D eigenvalue weighted by Gasteiger charge is 2.15. The first-order chi connectivity index (χ1) is 20.5. The number of H-pyrrole nitrogens is 2. The van der Waals surface area contributed by atoms with Crippen LogP contribution >= 0.6 is 0 Å². The van der Waals surface area contributed by atoms with E-state index in [9.17, 15) is 4.39 Å². The third-order valence-corrected chi connectivity index (χ3v) is 7.22. The van der Waals surface area contributed by atoms with Crippen molar-refractivity contribution < 1.29 is 4.39 Å². The number of rotatable bonds is 9. The lowest BCUT2D eigenvalue weighted by Crippen LogP contribution is -2.12. The Balaban J connectivity index is 1.32. The van der Waals surface area contributed by atoms with E-state index >= 15 is 0 Å². The van der Waals surface area contributed by atoms with Gasteiger partial charge in [0.1, 0.15) is 11.5 Å². The standard InChI is InChI=1S/C36H30FN5/c1-4-25(19-28(5-2)39-23(3)17-24-11-7-6-8-12-24)33-21-31-35(22-38-33)41-42-36(31)34-20-30-29(15-10-16-32(30)40-34)26-13-9-14-27(37)18-26/h4-16,18-22,39-40H,2-3,17H2,1H3,(H,41,42)/b25-4+,28-19+. The Labute approximate surface area is 243 Å². The maximum absolute atomic E-state index is 14.0. The van der Waals surface area contributed by atoms with Gasteiger partial charge in [0, 0.05) is 34.1 Å². The average Bonchev–Trinajstić information content (AvgIpc) is 3.63. The van der Waals surface area contributed by atoms with Gasteiger partial charge in [0.15, 0.2) is 0 Å². The monoisotopic (exact) mass is 551 g/mol. The molecule has 0 aliphatic heterocycles. The van der Waals surface area contributed by atoms with Crippen molar-refractivity contribution in [3.05, 3.63) is 151 Å². The molecule has 0 saturated carbocycles. The fourth-order valence-electron chi connectivity index (χ4n) is 5.18. The van der Waals surface area contributed by atoms with Crippen LogP contribution in [0.3, 0.4) is 0 Å². The topological polar surface area (TPSA) is 69.4 Å². The van der Waals surface area contributed by atoms with E-state index in [4.69, 9.17) is 4.98 Å². The number of fused-ring (bicyclic) bond motifs is 2. The maximum Gasteiger partial charge on any atom is 0.123 e. The SMILES string of the molecule is C=C/C(=C\C(=C/C)c1cc2c(-c3cc4c(-c5cccc(F)c5)cccc4[nH]3)n[nH]c2cn1)NC(=C)Cc1ccccc1. The van der Waals surface area contributed by atoms with E-state index < -0.39 is 0 Å². The van der Waals surface area contributed by atoms with Crippen LogP contribution in [0.15, 0.2) is 134 Å². The van der Waals surface area contributed by atoms with Crippen molar-refractivity contribution in [3.63, 3.8) is 0 Å². The molecule has 3 aromatic heterocycles. The smallest absolute Gasteiger partial charge is 0.123 e. The largest absolute Gasteiger partial charge is 0.359 e. The summed E-state index contributed by atoms with van der Waals surface area (Å²) in [6, 6.07) is 27.0. The zero-order valence-electron chi connectivity index (χ0n) is 23.3. The number of pyridine rings is 1. The number of nitrogens with one attached hydrogen (secondary N) is 3. The highest BCUT2D eigenvalue weighted by molar-refractivity contribution is 6.01. The number of aromatic nitrogens is 4. The number of hydrogen-bond donors (Lipinski definition) is 3. The lowest BCUT2D eigenvalue weighted by atomic mass is 10.0. The first-order valence-corrected chi connectivity index (χ1v) is 13.7. The molecule has 3 aromatic carbocycles. The van der Waals surface area contributed by atoms with Crippen LogP contribution in [0.1, 0.15) is 18.2 Å². The fourth-order valence-corrected chi connectivity index (χ4v) is 5.18. The molecule has 42 heavy (non-hydrogen) atoms. The molecule has 206 valence electrons. The minimum atomic E-state index is -0.261. The molecule has 0 radical (unpaired) electrons. The van der Waals surface area contributed by atoms with Crippen LogP contribution in [0.25, 0.3) is 49.9 Å². The molecule has 0 fully saturated rings. The van der Waals surface area contributed by atoms with Gasteiger partial charge in [-0.2, -0.15) is 5.10 Å². The molecule has 0 saturated heterocycles. The van der Waals surface area contributed by atoms with Crippen LogP contribution in [-0.4, -0.2) is 20.2 Å². The van der Waals surface area contributed by atoms with E-state index in [1.54, 1.807) is 24.4 Å². The summed E-state index contributed by atoms with van der Waals surface area (Å²) in [6.45, 7) is 10.2. The Bertz CT molecular complexity index is 1990. The Hall–Kier alpha value is -5.49. The van der Waals surface area contributed by atoms with Crippen molar-refractivity contribution in [1.29, 1.82) is 0 Å². The lowest BCUT2D eigenvalue weighted by molar-refractivity contribution is 0.628. The maximum atomic E-state index is 14.0. The van der Waals surface area contributed by atoms with Gasteiger partial charge in [-0.25, -0.2) is 4.39 Å². The summed E-state index contributed by atoms with van der Waals surface area (Å²) in [7, 11) is 0. The molecule has 0 atom stereocenters. The summed E-state index contributed by atoms with van der Waals surface area (Å²) in [5.74, 6) is -0.261. The van der Waals surface area contributed by atoms with Crippen LogP contribution in [0.2, 0.25) is 0 Å². The van der Waals surface area contributed by atoms with E-state index in [1.807, 2.05) is 67.6 Å². The average molecular weight is 552 g/mol. The van der Waals surface area contributed by atoms with Gasteiger partial charge in [-0.05, 0) is 71.7 Å². The normalized spacial score (nSPS) is 12.1. The predicted molar refractivity (Wildman–Crippen MR) is 171 cm³/mol.